The lowest BCUT2D eigenvalue weighted by atomic mass is 10.0. The number of amides is 2. The number of likely N-dealkylation sites (tertiary alicyclic amines) is 1. The molecule has 1 atom stereocenters. The number of hydrogen-bond acceptors (Lipinski definition) is 7. The maximum Gasteiger partial charge on any atom is 0.389 e. The van der Waals surface area contributed by atoms with Crippen LogP contribution in [0.2, 0.25) is 0 Å². The van der Waals surface area contributed by atoms with Crippen LogP contribution in [-0.4, -0.2) is 84.7 Å². The van der Waals surface area contributed by atoms with Crippen LogP contribution in [0.15, 0.2) is 24.3 Å². The zero-order chi connectivity index (χ0) is 25.7. The molecule has 1 aromatic heterocycles. The number of nitrogens with zero attached hydrogens (tertiary/aromatic N) is 4. The van der Waals surface area contributed by atoms with Gasteiger partial charge in [0, 0.05) is 56.5 Å². The number of nitrogens with one attached hydrogen (secondary N) is 2. The van der Waals surface area contributed by atoms with Crippen molar-refractivity contribution in [1.29, 1.82) is 0 Å². The van der Waals surface area contributed by atoms with Gasteiger partial charge in [-0.1, -0.05) is 6.07 Å². The van der Waals surface area contributed by atoms with Gasteiger partial charge in [-0.25, -0.2) is 9.78 Å². The predicted molar refractivity (Wildman–Crippen MR) is 130 cm³/mol. The van der Waals surface area contributed by atoms with Crippen LogP contribution in [0.5, 0.6) is 0 Å². The van der Waals surface area contributed by atoms with E-state index in [1.54, 1.807) is 12.1 Å². The number of aliphatic hydroxyl groups excluding tert-OH is 1. The van der Waals surface area contributed by atoms with Crippen molar-refractivity contribution in [3.63, 3.8) is 0 Å². The zero-order valence-corrected chi connectivity index (χ0v) is 20.1. The average molecular weight is 509 g/mol. The molecule has 2 fully saturated rings. The minimum Gasteiger partial charge on any atom is -0.395 e. The van der Waals surface area contributed by atoms with E-state index in [1.807, 2.05) is 19.1 Å². The Balaban J connectivity index is 1.53. The van der Waals surface area contributed by atoms with E-state index in [9.17, 15) is 23.1 Å². The van der Waals surface area contributed by atoms with Gasteiger partial charge >= 0.3 is 12.2 Å². The molecular formula is C24H31F3N6O3. The van der Waals surface area contributed by atoms with Crippen molar-refractivity contribution in [2.75, 3.05) is 68.1 Å². The number of hydrogen-bond donors (Lipinski definition) is 3. The topological polar surface area (TPSA) is 103 Å². The summed E-state index contributed by atoms with van der Waals surface area (Å²) in [6.07, 6.45) is -4.77. The van der Waals surface area contributed by atoms with Crippen LogP contribution in [0.1, 0.15) is 18.4 Å². The first-order chi connectivity index (χ1) is 17.2. The quantitative estimate of drug-likeness (QED) is 0.526. The third kappa shape index (κ3) is 6.76. The number of aryl methyl sites for hydroxylation is 1. The molecular weight excluding hydrogens is 477 g/mol. The molecule has 1 aromatic carbocycles. The van der Waals surface area contributed by atoms with Crippen LogP contribution in [0, 0.1) is 12.8 Å². The number of carbonyl (C=O) groups is 1. The lowest BCUT2D eigenvalue weighted by Gasteiger charge is -2.28. The summed E-state index contributed by atoms with van der Waals surface area (Å²) in [6, 6.07) is 6.88. The molecule has 0 spiro atoms. The van der Waals surface area contributed by atoms with E-state index in [-0.39, 0.29) is 13.2 Å². The Morgan fingerprint density at radius 3 is 2.69 bits per heavy atom. The third-order valence-electron chi connectivity index (χ3n) is 6.30. The number of carbonyl (C=O) groups excluding carboxylic acids is 1. The van der Waals surface area contributed by atoms with Crippen molar-refractivity contribution in [1.82, 2.24) is 14.9 Å². The van der Waals surface area contributed by atoms with Crippen LogP contribution >= 0.6 is 0 Å². The first-order valence-electron chi connectivity index (χ1n) is 12.0. The maximum atomic E-state index is 12.7. The highest BCUT2D eigenvalue weighted by Crippen LogP contribution is 2.32. The molecule has 4 rings (SSSR count). The molecule has 0 aliphatic carbocycles. The highest BCUT2D eigenvalue weighted by Gasteiger charge is 2.36. The Morgan fingerprint density at radius 1 is 1.19 bits per heavy atom. The number of alkyl halides is 3. The Bertz CT molecular complexity index is 1060. The smallest absolute Gasteiger partial charge is 0.389 e. The van der Waals surface area contributed by atoms with Crippen LogP contribution in [-0.2, 0) is 4.74 Å². The van der Waals surface area contributed by atoms with Crippen molar-refractivity contribution in [2.45, 2.75) is 25.9 Å². The first kappa shape index (κ1) is 26.0. The second-order valence-electron chi connectivity index (χ2n) is 9.06. The second kappa shape index (κ2) is 11.3. The van der Waals surface area contributed by atoms with Crippen molar-refractivity contribution in [2.24, 2.45) is 5.92 Å². The standard InChI is InChI=1S/C24H31F3N6O3/c1-16-2-3-18(29-23(35)33-6-4-17(15-33)14-24(25,26)27)12-19(16)20-13-21(32-7-10-36-11-8-32)31-22(30-20)28-5-9-34/h2-3,12-13,17,34H,4-11,14-15H2,1H3,(H,29,35)(H,28,30,31)/t17-/m0/s1. The summed E-state index contributed by atoms with van der Waals surface area (Å²) in [5.41, 5.74) is 2.88. The van der Waals surface area contributed by atoms with Crippen LogP contribution < -0.4 is 15.5 Å². The van der Waals surface area contributed by atoms with Gasteiger partial charge in [0.1, 0.15) is 5.82 Å². The Hall–Kier alpha value is -3.12. The van der Waals surface area contributed by atoms with Crippen LogP contribution in [0.25, 0.3) is 11.3 Å². The lowest BCUT2D eigenvalue weighted by Crippen LogP contribution is -2.37. The molecule has 196 valence electrons. The highest BCUT2D eigenvalue weighted by molar-refractivity contribution is 5.90. The fourth-order valence-corrected chi connectivity index (χ4v) is 4.46. The molecule has 3 N–H and O–H groups in total. The predicted octanol–water partition coefficient (Wildman–Crippen LogP) is 3.50. The number of morpholine rings is 1. The van der Waals surface area contributed by atoms with Gasteiger partial charge in [0.05, 0.1) is 25.5 Å². The molecule has 0 saturated carbocycles. The van der Waals surface area contributed by atoms with Gasteiger partial charge in [0.2, 0.25) is 5.95 Å². The molecule has 0 radical (unpaired) electrons. The van der Waals surface area contributed by atoms with Gasteiger partial charge in [-0.2, -0.15) is 18.2 Å². The minimum atomic E-state index is -4.23. The van der Waals surface area contributed by atoms with Gasteiger partial charge < -0.3 is 30.3 Å². The van der Waals surface area contributed by atoms with E-state index >= 15 is 0 Å². The lowest BCUT2D eigenvalue weighted by molar-refractivity contribution is -0.143. The number of halogens is 3. The van der Waals surface area contributed by atoms with Crippen molar-refractivity contribution in [3.05, 3.63) is 29.8 Å². The second-order valence-corrected chi connectivity index (χ2v) is 9.06. The molecule has 2 aliphatic heterocycles. The van der Waals surface area contributed by atoms with E-state index in [4.69, 9.17) is 4.74 Å². The molecule has 36 heavy (non-hydrogen) atoms. The van der Waals surface area contributed by atoms with Gasteiger partial charge in [-0.05, 0) is 37.0 Å². The highest BCUT2D eigenvalue weighted by atomic mass is 19.4. The number of ether oxygens (including phenoxy) is 1. The molecule has 3 heterocycles. The number of anilines is 3. The van der Waals surface area contributed by atoms with Crippen LogP contribution in [0.4, 0.5) is 35.4 Å². The summed E-state index contributed by atoms with van der Waals surface area (Å²) < 4.78 is 43.6. The summed E-state index contributed by atoms with van der Waals surface area (Å²) >= 11 is 0. The van der Waals surface area contributed by atoms with E-state index in [2.05, 4.69) is 25.5 Å². The molecule has 2 amide bonds. The molecule has 12 heteroatoms. The number of aliphatic hydroxyl groups is 1. The Kier molecular flexibility index (Phi) is 8.14. The third-order valence-corrected chi connectivity index (χ3v) is 6.30. The van der Waals surface area contributed by atoms with Crippen molar-refractivity contribution in [3.8, 4) is 11.3 Å². The molecule has 2 saturated heterocycles. The van der Waals surface area contributed by atoms with E-state index in [1.165, 1.54) is 4.90 Å². The van der Waals surface area contributed by atoms with Gasteiger partial charge in [0.25, 0.3) is 0 Å². The summed E-state index contributed by atoms with van der Waals surface area (Å²) in [7, 11) is 0. The Morgan fingerprint density at radius 2 is 1.97 bits per heavy atom. The minimum absolute atomic E-state index is 0.0681. The van der Waals surface area contributed by atoms with Crippen molar-refractivity contribution >= 4 is 23.5 Å². The van der Waals surface area contributed by atoms with Gasteiger partial charge in [0.15, 0.2) is 0 Å². The van der Waals surface area contributed by atoms with E-state index < -0.39 is 24.5 Å². The van der Waals surface area contributed by atoms with Gasteiger partial charge in [-0.3, -0.25) is 0 Å². The summed E-state index contributed by atoms with van der Waals surface area (Å²) in [6.45, 7) is 5.11. The van der Waals surface area contributed by atoms with Crippen LogP contribution in [0.3, 0.4) is 0 Å². The number of rotatable bonds is 7. The van der Waals surface area contributed by atoms with E-state index in [0.717, 1.165) is 16.9 Å². The molecule has 0 bridgehead atoms. The van der Waals surface area contributed by atoms with E-state index in [0.29, 0.717) is 63.1 Å². The number of urea groups is 1. The fraction of sp³-hybridized carbons (Fsp3) is 0.542. The van der Waals surface area contributed by atoms with Crippen molar-refractivity contribution < 1.29 is 27.8 Å². The molecule has 2 aromatic rings. The number of benzene rings is 1. The normalized spacial score (nSPS) is 18.4. The summed E-state index contributed by atoms with van der Waals surface area (Å²) in [5, 5.41) is 15.1. The largest absolute Gasteiger partial charge is 0.395 e. The molecule has 9 nitrogen and oxygen atoms in total. The zero-order valence-electron chi connectivity index (χ0n) is 20.1. The summed E-state index contributed by atoms with van der Waals surface area (Å²) in [4.78, 5) is 25.5. The van der Waals surface area contributed by atoms with Gasteiger partial charge in [-0.15, -0.1) is 0 Å². The fourth-order valence-electron chi connectivity index (χ4n) is 4.46. The SMILES string of the molecule is Cc1ccc(NC(=O)N2CC[C@@H](CC(F)(F)F)C2)cc1-c1cc(N2CCOCC2)nc(NCCO)n1. The average Bonchev–Trinajstić information content (AvgIpc) is 3.31. The first-order valence-corrected chi connectivity index (χ1v) is 12.0. The molecule has 0 unspecified atom stereocenters. The maximum absolute atomic E-state index is 12.7. The number of aromatic nitrogens is 2. The monoisotopic (exact) mass is 508 g/mol. The summed E-state index contributed by atoms with van der Waals surface area (Å²) in [5.74, 6) is 0.531. The Labute approximate surface area is 207 Å². The molecule has 2 aliphatic rings.